The van der Waals surface area contributed by atoms with Crippen LogP contribution in [0.1, 0.15) is 21.7 Å². The first-order chi connectivity index (χ1) is 14.7. The molecule has 0 saturated heterocycles. The third kappa shape index (κ3) is 3.28. The third-order valence-corrected chi connectivity index (χ3v) is 5.57. The number of para-hydroxylation sites is 1. The molecule has 1 amide bonds. The SMILES string of the molecule is COc1ccc(-c2ccnc3c2C(=O)N(CCc2ccc4ccccc4n2)C3)cc1. The van der Waals surface area contributed by atoms with Crippen LogP contribution >= 0.6 is 0 Å². The van der Waals surface area contributed by atoms with Crippen molar-refractivity contribution in [1.82, 2.24) is 14.9 Å². The van der Waals surface area contributed by atoms with E-state index in [1.165, 1.54) is 0 Å². The average Bonchev–Trinajstić information content (AvgIpc) is 3.13. The summed E-state index contributed by atoms with van der Waals surface area (Å²) in [6.07, 6.45) is 2.49. The van der Waals surface area contributed by atoms with E-state index in [1.807, 2.05) is 59.5 Å². The summed E-state index contributed by atoms with van der Waals surface area (Å²) >= 11 is 0. The first kappa shape index (κ1) is 18.3. The van der Waals surface area contributed by atoms with E-state index >= 15 is 0 Å². The van der Waals surface area contributed by atoms with Gasteiger partial charge >= 0.3 is 0 Å². The smallest absolute Gasteiger partial charge is 0.256 e. The first-order valence-electron chi connectivity index (χ1n) is 9.99. The zero-order chi connectivity index (χ0) is 20.5. The minimum Gasteiger partial charge on any atom is -0.497 e. The van der Waals surface area contributed by atoms with E-state index in [9.17, 15) is 4.79 Å². The minimum atomic E-state index is 0.0321. The fraction of sp³-hybridized carbons (Fsp3) is 0.160. The first-order valence-corrected chi connectivity index (χ1v) is 9.99. The number of benzene rings is 2. The Hall–Kier alpha value is -3.73. The van der Waals surface area contributed by atoms with Gasteiger partial charge in [-0.3, -0.25) is 14.8 Å². The molecule has 1 aliphatic heterocycles. The zero-order valence-electron chi connectivity index (χ0n) is 16.7. The topological polar surface area (TPSA) is 55.3 Å². The number of ether oxygens (including phenoxy) is 1. The van der Waals surface area contributed by atoms with Gasteiger partial charge in [-0.15, -0.1) is 0 Å². The number of hydrogen-bond donors (Lipinski definition) is 0. The average molecular weight is 395 g/mol. The van der Waals surface area contributed by atoms with Gasteiger partial charge in [0, 0.05) is 30.2 Å². The van der Waals surface area contributed by atoms with Gasteiger partial charge in [-0.1, -0.05) is 36.4 Å². The fourth-order valence-corrected chi connectivity index (χ4v) is 3.96. The largest absolute Gasteiger partial charge is 0.497 e. The van der Waals surface area contributed by atoms with Crippen LogP contribution in [0, 0.1) is 0 Å². The number of carbonyl (C=O) groups excluding carboxylic acids is 1. The molecule has 0 atom stereocenters. The lowest BCUT2D eigenvalue weighted by molar-refractivity contribution is 0.0780. The summed E-state index contributed by atoms with van der Waals surface area (Å²) in [5.74, 6) is 0.824. The standard InChI is InChI=1S/C25H21N3O2/c1-30-20-10-7-17(8-11-20)21-12-14-26-23-16-28(25(29)24(21)23)15-13-19-9-6-18-4-2-3-5-22(18)27-19/h2-12,14H,13,15-16H2,1H3. The van der Waals surface area contributed by atoms with Gasteiger partial charge in [-0.2, -0.15) is 0 Å². The lowest BCUT2D eigenvalue weighted by Crippen LogP contribution is -2.26. The van der Waals surface area contributed by atoms with Crippen LogP contribution in [-0.2, 0) is 13.0 Å². The van der Waals surface area contributed by atoms with E-state index < -0.39 is 0 Å². The molecule has 4 aromatic rings. The Morgan fingerprint density at radius 2 is 1.83 bits per heavy atom. The van der Waals surface area contributed by atoms with E-state index in [4.69, 9.17) is 9.72 Å². The van der Waals surface area contributed by atoms with Crippen LogP contribution in [0.15, 0.2) is 72.9 Å². The molecule has 0 fully saturated rings. The number of aromatic nitrogens is 2. The van der Waals surface area contributed by atoms with Crippen LogP contribution in [0.25, 0.3) is 22.0 Å². The Morgan fingerprint density at radius 1 is 1.00 bits per heavy atom. The quantitative estimate of drug-likeness (QED) is 0.499. The van der Waals surface area contributed by atoms with Crippen molar-refractivity contribution in [3.05, 3.63) is 89.9 Å². The van der Waals surface area contributed by atoms with Crippen molar-refractivity contribution < 1.29 is 9.53 Å². The second-order valence-electron chi connectivity index (χ2n) is 7.38. The van der Waals surface area contributed by atoms with Gasteiger partial charge in [0.1, 0.15) is 5.75 Å². The van der Waals surface area contributed by atoms with E-state index in [-0.39, 0.29) is 5.91 Å². The number of nitrogens with zero attached hydrogens (tertiary/aromatic N) is 3. The van der Waals surface area contributed by atoms with Gasteiger partial charge in [-0.25, -0.2) is 0 Å². The summed E-state index contributed by atoms with van der Waals surface area (Å²) in [7, 11) is 1.64. The van der Waals surface area contributed by atoms with Crippen molar-refractivity contribution in [3.63, 3.8) is 0 Å². The molecule has 0 bridgehead atoms. The Kier molecular flexibility index (Phi) is 4.64. The number of fused-ring (bicyclic) bond motifs is 2. The predicted molar refractivity (Wildman–Crippen MR) is 116 cm³/mol. The van der Waals surface area contributed by atoms with Crippen molar-refractivity contribution in [2.24, 2.45) is 0 Å². The molecule has 5 nitrogen and oxygen atoms in total. The fourth-order valence-electron chi connectivity index (χ4n) is 3.96. The van der Waals surface area contributed by atoms with Crippen molar-refractivity contribution >= 4 is 16.8 Å². The van der Waals surface area contributed by atoms with Crippen molar-refractivity contribution in [1.29, 1.82) is 0 Å². The van der Waals surface area contributed by atoms with Gasteiger partial charge in [0.05, 0.1) is 30.4 Å². The molecular weight excluding hydrogens is 374 g/mol. The number of rotatable bonds is 5. The number of amides is 1. The summed E-state index contributed by atoms with van der Waals surface area (Å²) in [5.41, 5.74) is 5.41. The van der Waals surface area contributed by atoms with Crippen LogP contribution in [0.4, 0.5) is 0 Å². The van der Waals surface area contributed by atoms with Gasteiger partial charge in [0.15, 0.2) is 0 Å². The monoisotopic (exact) mass is 395 g/mol. The summed E-state index contributed by atoms with van der Waals surface area (Å²) < 4.78 is 5.24. The molecule has 2 aromatic carbocycles. The highest BCUT2D eigenvalue weighted by Gasteiger charge is 2.31. The zero-order valence-corrected chi connectivity index (χ0v) is 16.7. The Labute approximate surface area is 175 Å². The maximum absolute atomic E-state index is 13.2. The number of methoxy groups -OCH3 is 1. The highest BCUT2D eigenvalue weighted by Crippen LogP contribution is 2.32. The van der Waals surface area contributed by atoms with Gasteiger partial charge in [0.25, 0.3) is 5.91 Å². The van der Waals surface area contributed by atoms with E-state index in [0.29, 0.717) is 25.1 Å². The predicted octanol–water partition coefficient (Wildman–Crippen LogP) is 4.50. The van der Waals surface area contributed by atoms with Crippen molar-refractivity contribution in [2.75, 3.05) is 13.7 Å². The molecule has 0 N–H and O–H groups in total. The van der Waals surface area contributed by atoms with Crippen molar-refractivity contribution in [3.8, 4) is 16.9 Å². The molecule has 3 heterocycles. The highest BCUT2D eigenvalue weighted by molar-refractivity contribution is 6.04. The molecule has 0 radical (unpaired) electrons. The van der Waals surface area contributed by atoms with Gasteiger partial charge in [0.2, 0.25) is 0 Å². The van der Waals surface area contributed by atoms with Crippen molar-refractivity contribution in [2.45, 2.75) is 13.0 Å². The van der Waals surface area contributed by atoms with Crippen LogP contribution in [0.3, 0.4) is 0 Å². The molecule has 0 spiro atoms. The molecule has 5 rings (SSSR count). The van der Waals surface area contributed by atoms with Crippen LogP contribution in [0.5, 0.6) is 5.75 Å². The normalized spacial score (nSPS) is 13.0. The maximum Gasteiger partial charge on any atom is 0.256 e. The molecule has 1 aliphatic rings. The maximum atomic E-state index is 13.2. The van der Waals surface area contributed by atoms with Gasteiger partial charge in [-0.05, 0) is 41.5 Å². The van der Waals surface area contributed by atoms with Crippen LogP contribution in [0.2, 0.25) is 0 Å². The van der Waals surface area contributed by atoms with E-state index in [1.54, 1.807) is 13.3 Å². The van der Waals surface area contributed by atoms with E-state index in [2.05, 4.69) is 17.1 Å². The van der Waals surface area contributed by atoms with Crippen LogP contribution < -0.4 is 4.74 Å². The Bertz CT molecular complexity index is 1230. The molecular formula is C25H21N3O2. The lowest BCUT2D eigenvalue weighted by Gasteiger charge is -2.15. The summed E-state index contributed by atoms with van der Waals surface area (Å²) in [5, 5.41) is 1.12. The summed E-state index contributed by atoms with van der Waals surface area (Å²) in [6, 6.07) is 21.9. The molecule has 0 aliphatic carbocycles. The van der Waals surface area contributed by atoms with Crippen LogP contribution in [-0.4, -0.2) is 34.4 Å². The molecule has 30 heavy (non-hydrogen) atoms. The highest BCUT2D eigenvalue weighted by atomic mass is 16.5. The molecule has 0 unspecified atom stereocenters. The molecule has 5 heteroatoms. The Morgan fingerprint density at radius 3 is 2.67 bits per heavy atom. The van der Waals surface area contributed by atoms with E-state index in [0.717, 1.165) is 39.2 Å². The number of hydrogen-bond acceptors (Lipinski definition) is 4. The second-order valence-corrected chi connectivity index (χ2v) is 7.38. The number of carbonyl (C=O) groups is 1. The minimum absolute atomic E-state index is 0.0321. The number of pyridine rings is 2. The van der Waals surface area contributed by atoms with Gasteiger partial charge < -0.3 is 9.64 Å². The Balaban J connectivity index is 1.37. The summed E-state index contributed by atoms with van der Waals surface area (Å²) in [4.78, 5) is 24.3. The molecule has 0 saturated carbocycles. The summed E-state index contributed by atoms with van der Waals surface area (Å²) in [6.45, 7) is 1.15. The molecule has 148 valence electrons. The second kappa shape index (κ2) is 7.59. The molecule has 2 aromatic heterocycles. The third-order valence-electron chi connectivity index (χ3n) is 5.57. The lowest BCUT2D eigenvalue weighted by atomic mass is 10.00.